The van der Waals surface area contributed by atoms with E-state index in [1.165, 1.54) is 33.4 Å². The number of rotatable bonds is 9. The van der Waals surface area contributed by atoms with E-state index in [1.54, 1.807) is 0 Å². The predicted molar refractivity (Wildman–Crippen MR) is 353 cm³/mol. The summed E-state index contributed by atoms with van der Waals surface area (Å²) in [6, 6.07) is 108. The Morgan fingerprint density at radius 3 is 1.68 bits per heavy atom. The van der Waals surface area contributed by atoms with Crippen molar-refractivity contribution in [3.63, 3.8) is 0 Å². The SMILES string of the molecule is Clc1ccc(-c2ccc3c(c2)-c2ccccc2C32c3ccc(N(c4ccccc4)c4cc(-c5ccccc5)c5oc6ccccc6c5c4)cc3Sc3c(N(c4ccccc4)c4cc(-c5ccccc5)cc5oc6ccccc6c45)cccc32)cc1. The second kappa shape index (κ2) is 19.7. The van der Waals surface area contributed by atoms with Gasteiger partial charge in [-0.2, -0.15) is 0 Å². The molecular weight excluding hydrogens is 1080 g/mol. The van der Waals surface area contributed by atoms with Crippen molar-refractivity contribution in [3.8, 4) is 44.5 Å². The number of para-hydroxylation sites is 4. The Hall–Kier alpha value is -10.3. The van der Waals surface area contributed by atoms with Crippen LogP contribution in [0.5, 0.6) is 0 Å². The van der Waals surface area contributed by atoms with Crippen LogP contribution >= 0.6 is 23.4 Å². The first-order valence-corrected chi connectivity index (χ1v) is 29.9. The van der Waals surface area contributed by atoms with Crippen molar-refractivity contribution >= 4 is 101 Å². The lowest BCUT2D eigenvalue weighted by atomic mass is 9.67. The minimum absolute atomic E-state index is 0.716. The molecule has 1 atom stereocenters. The van der Waals surface area contributed by atoms with E-state index in [4.69, 9.17) is 20.4 Å². The molecule has 13 aromatic carbocycles. The summed E-state index contributed by atoms with van der Waals surface area (Å²) in [5.74, 6) is 0. The maximum atomic E-state index is 6.87. The molecule has 0 amide bonds. The van der Waals surface area contributed by atoms with Crippen LogP contribution in [0.4, 0.5) is 34.1 Å². The molecule has 0 saturated heterocycles. The van der Waals surface area contributed by atoms with Crippen LogP contribution in [0.2, 0.25) is 5.02 Å². The van der Waals surface area contributed by atoms with Gasteiger partial charge in [0.25, 0.3) is 0 Å². The molecule has 2 aliphatic rings. The van der Waals surface area contributed by atoms with Gasteiger partial charge in [-0.3, -0.25) is 0 Å². The van der Waals surface area contributed by atoms with E-state index in [9.17, 15) is 0 Å². The van der Waals surface area contributed by atoms with Crippen molar-refractivity contribution in [1.29, 1.82) is 0 Å². The van der Waals surface area contributed by atoms with E-state index < -0.39 is 5.41 Å². The Bertz CT molecular complexity index is 5120. The van der Waals surface area contributed by atoms with Gasteiger partial charge in [0.05, 0.1) is 22.2 Å². The largest absolute Gasteiger partial charge is 0.456 e. The second-order valence-corrected chi connectivity index (χ2v) is 23.5. The summed E-state index contributed by atoms with van der Waals surface area (Å²) in [5, 5.41) is 4.97. The third-order valence-electron chi connectivity index (χ3n) is 17.3. The maximum Gasteiger partial charge on any atom is 0.143 e. The van der Waals surface area contributed by atoms with Crippen LogP contribution < -0.4 is 9.80 Å². The molecular formula is C79H49ClN2O2S. The first kappa shape index (κ1) is 49.3. The first-order chi connectivity index (χ1) is 42.0. The zero-order valence-corrected chi connectivity index (χ0v) is 47.4. The van der Waals surface area contributed by atoms with Crippen LogP contribution in [-0.2, 0) is 5.41 Å². The predicted octanol–water partition coefficient (Wildman–Crippen LogP) is 22.9. The van der Waals surface area contributed by atoms with Crippen LogP contribution in [0.15, 0.2) is 316 Å². The van der Waals surface area contributed by atoms with Crippen LogP contribution in [0.1, 0.15) is 22.3 Å². The fourth-order valence-corrected chi connectivity index (χ4v) is 15.1. The van der Waals surface area contributed by atoms with E-state index in [-0.39, 0.29) is 0 Å². The third-order valence-corrected chi connectivity index (χ3v) is 18.8. The molecule has 6 heteroatoms. The highest BCUT2D eigenvalue weighted by atomic mass is 35.5. The quantitative estimate of drug-likeness (QED) is 0.144. The number of fused-ring (bicyclic) bond motifs is 15. The molecule has 0 bridgehead atoms. The van der Waals surface area contributed by atoms with Crippen LogP contribution in [0.25, 0.3) is 88.4 Å². The van der Waals surface area contributed by atoms with Gasteiger partial charge in [-0.05, 0) is 158 Å². The van der Waals surface area contributed by atoms with Gasteiger partial charge in [-0.15, -0.1) is 0 Å². The van der Waals surface area contributed by atoms with Crippen molar-refractivity contribution in [1.82, 2.24) is 0 Å². The molecule has 0 N–H and O–H groups in total. The molecule has 0 saturated carbocycles. The van der Waals surface area contributed by atoms with Crippen molar-refractivity contribution in [2.75, 3.05) is 9.80 Å². The average Bonchev–Trinajstić information content (AvgIpc) is 1.77. The molecule has 400 valence electrons. The zero-order chi connectivity index (χ0) is 56.2. The Kier molecular flexibility index (Phi) is 11.4. The molecule has 85 heavy (non-hydrogen) atoms. The molecule has 0 radical (unpaired) electrons. The molecule has 3 heterocycles. The molecule has 1 aliphatic heterocycles. The summed E-state index contributed by atoms with van der Waals surface area (Å²) < 4.78 is 13.6. The summed E-state index contributed by atoms with van der Waals surface area (Å²) in [5.41, 5.74) is 22.8. The fraction of sp³-hybridized carbons (Fsp3) is 0.0127. The monoisotopic (exact) mass is 1120 g/mol. The highest BCUT2D eigenvalue weighted by Gasteiger charge is 2.51. The lowest BCUT2D eigenvalue weighted by Gasteiger charge is -2.42. The van der Waals surface area contributed by atoms with Gasteiger partial charge in [0, 0.05) is 59.3 Å². The number of furan rings is 2. The summed E-state index contributed by atoms with van der Waals surface area (Å²) >= 11 is 8.36. The number of nitrogens with zero attached hydrogens (tertiary/aromatic N) is 2. The highest BCUT2D eigenvalue weighted by molar-refractivity contribution is 7.99. The van der Waals surface area contributed by atoms with Gasteiger partial charge >= 0.3 is 0 Å². The average molecular weight is 1130 g/mol. The van der Waals surface area contributed by atoms with Crippen LogP contribution in [0, 0.1) is 0 Å². The van der Waals surface area contributed by atoms with Crippen molar-refractivity contribution in [2.45, 2.75) is 15.2 Å². The minimum Gasteiger partial charge on any atom is -0.456 e. The van der Waals surface area contributed by atoms with Gasteiger partial charge in [0.1, 0.15) is 22.3 Å². The van der Waals surface area contributed by atoms with E-state index >= 15 is 0 Å². The van der Waals surface area contributed by atoms with E-state index in [2.05, 4.69) is 289 Å². The molecule has 1 aliphatic carbocycles. The number of benzene rings is 13. The van der Waals surface area contributed by atoms with E-state index in [0.29, 0.717) is 5.02 Å². The van der Waals surface area contributed by atoms with Crippen molar-refractivity contribution < 1.29 is 8.83 Å². The standard InChI is InChI=1S/C79H49ClN2O2S/c80-55-39-36-51(37-40-55)53-38-42-67-64(44-53)60-28-13-16-31-66(60)79(67)68-43-41-58(81(56-24-9-3-10-25-56)59-47-63(52-22-7-2-8-23-52)77-65(48-59)61-29-14-17-34-72(61)84-77)49-75(68)85-78-69(79)32-19-33-70(78)82(57-26-11-4-12-27-57)71-45-54(50-20-5-1-6-21-50)46-74-76(71)62-30-15-18-35-73(62)83-74/h1-49H. The topological polar surface area (TPSA) is 32.8 Å². The van der Waals surface area contributed by atoms with Gasteiger partial charge < -0.3 is 18.6 Å². The first-order valence-electron chi connectivity index (χ1n) is 28.7. The van der Waals surface area contributed by atoms with Gasteiger partial charge in [0.15, 0.2) is 0 Å². The third kappa shape index (κ3) is 7.78. The number of halogens is 1. The Morgan fingerprint density at radius 1 is 0.318 bits per heavy atom. The number of anilines is 6. The lowest BCUT2D eigenvalue weighted by molar-refractivity contribution is 0.669. The Balaban J connectivity index is 0.953. The summed E-state index contributed by atoms with van der Waals surface area (Å²) in [4.78, 5) is 7.23. The number of hydrogen-bond acceptors (Lipinski definition) is 5. The van der Waals surface area contributed by atoms with Crippen LogP contribution in [-0.4, -0.2) is 0 Å². The highest BCUT2D eigenvalue weighted by Crippen LogP contribution is 2.65. The number of hydrogen-bond donors (Lipinski definition) is 0. The normalized spacial score (nSPS) is 13.9. The Labute approximate surface area is 501 Å². The summed E-state index contributed by atoms with van der Waals surface area (Å²) in [6.45, 7) is 0. The van der Waals surface area contributed by atoms with Crippen molar-refractivity contribution in [3.05, 3.63) is 325 Å². The summed E-state index contributed by atoms with van der Waals surface area (Å²) in [7, 11) is 0. The molecule has 1 spiro atoms. The zero-order valence-electron chi connectivity index (χ0n) is 45.8. The van der Waals surface area contributed by atoms with E-state index in [1.807, 2.05) is 30.0 Å². The smallest absolute Gasteiger partial charge is 0.143 e. The molecule has 2 aromatic heterocycles. The van der Waals surface area contributed by atoms with Gasteiger partial charge in [-0.1, -0.05) is 224 Å². The minimum atomic E-state index is -0.743. The molecule has 17 rings (SSSR count). The molecule has 4 nitrogen and oxygen atoms in total. The lowest BCUT2D eigenvalue weighted by Crippen LogP contribution is -2.32. The fourth-order valence-electron chi connectivity index (χ4n) is 13.7. The molecule has 1 unspecified atom stereocenters. The van der Waals surface area contributed by atoms with E-state index in [0.717, 1.165) is 121 Å². The molecule has 0 fully saturated rings. The summed E-state index contributed by atoms with van der Waals surface area (Å²) in [6.07, 6.45) is 0. The maximum absolute atomic E-state index is 6.87. The second-order valence-electron chi connectivity index (χ2n) is 22.0. The molecule has 15 aromatic rings. The van der Waals surface area contributed by atoms with Crippen molar-refractivity contribution in [2.24, 2.45) is 0 Å². The van der Waals surface area contributed by atoms with Gasteiger partial charge in [0.2, 0.25) is 0 Å². The Morgan fingerprint density at radius 2 is 0.918 bits per heavy atom. The van der Waals surface area contributed by atoms with Crippen LogP contribution in [0.3, 0.4) is 0 Å². The van der Waals surface area contributed by atoms with Gasteiger partial charge in [-0.25, -0.2) is 0 Å².